The number of nitrogens with one attached hydrogen (secondary N) is 2. The molecular formula is C17H18F4N8. The van der Waals surface area contributed by atoms with Crippen LogP contribution in [0.2, 0.25) is 0 Å². The Kier molecular flexibility index (Phi) is 5.18. The topological polar surface area (TPSA) is 85.5 Å². The molecule has 8 nitrogen and oxygen atoms in total. The summed E-state index contributed by atoms with van der Waals surface area (Å²) in [5, 5.41) is 18.4. The van der Waals surface area contributed by atoms with Crippen LogP contribution < -0.4 is 10.6 Å². The molecule has 2 aromatic heterocycles. The lowest BCUT2D eigenvalue weighted by atomic mass is 10.1. The van der Waals surface area contributed by atoms with Gasteiger partial charge in [0.25, 0.3) is 0 Å². The highest BCUT2D eigenvalue weighted by Crippen LogP contribution is 2.31. The summed E-state index contributed by atoms with van der Waals surface area (Å²) in [7, 11) is 0. The highest BCUT2D eigenvalue weighted by molar-refractivity contribution is 5.42. The summed E-state index contributed by atoms with van der Waals surface area (Å²) in [5.41, 5.74) is 0.151. The van der Waals surface area contributed by atoms with E-state index < -0.39 is 17.6 Å². The number of benzene rings is 1. The zero-order chi connectivity index (χ0) is 20.4. The number of alkyl halides is 3. The fourth-order valence-corrected chi connectivity index (χ4v) is 3.17. The highest BCUT2D eigenvalue weighted by atomic mass is 19.4. The molecule has 0 radical (unpaired) electrons. The Hall–Kier alpha value is -3.02. The molecule has 154 valence electrons. The van der Waals surface area contributed by atoms with Gasteiger partial charge >= 0.3 is 6.18 Å². The van der Waals surface area contributed by atoms with Crippen molar-refractivity contribution in [1.82, 2.24) is 35.1 Å². The number of aromatic nitrogens is 6. The van der Waals surface area contributed by atoms with Gasteiger partial charge in [0, 0.05) is 19.5 Å². The molecule has 12 heteroatoms. The van der Waals surface area contributed by atoms with E-state index in [4.69, 9.17) is 0 Å². The molecule has 0 saturated heterocycles. The second-order valence-electron chi connectivity index (χ2n) is 6.66. The molecule has 0 bridgehead atoms. The van der Waals surface area contributed by atoms with Gasteiger partial charge in [0.1, 0.15) is 11.6 Å². The zero-order valence-electron chi connectivity index (χ0n) is 15.2. The first-order valence-electron chi connectivity index (χ1n) is 9.01. The Labute approximate surface area is 162 Å². The van der Waals surface area contributed by atoms with Crippen molar-refractivity contribution >= 4 is 5.82 Å². The average Bonchev–Trinajstić information content (AvgIpc) is 3.28. The molecule has 0 spiro atoms. The van der Waals surface area contributed by atoms with E-state index in [0.717, 1.165) is 43.2 Å². The van der Waals surface area contributed by atoms with Crippen LogP contribution in [0.3, 0.4) is 0 Å². The normalized spacial score (nSPS) is 13.9. The predicted octanol–water partition coefficient (Wildman–Crippen LogP) is 2.18. The maximum atomic E-state index is 13.7. The van der Waals surface area contributed by atoms with Crippen LogP contribution in [0.1, 0.15) is 29.1 Å². The fourth-order valence-electron chi connectivity index (χ4n) is 3.17. The summed E-state index contributed by atoms with van der Waals surface area (Å²) in [6.45, 7) is 2.69. The first-order valence-corrected chi connectivity index (χ1v) is 9.01. The number of imidazole rings is 1. The van der Waals surface area contributed by atoms with Crippen LogP contribution >= 0.6 is 0 Å². The number of hydrogen-bond donors (Lipinski definition) is 2. The molecule has 0 saturated carbocycles. The van der Waals surface area contributed by atoms with Crippen LogP contribution in [-0.2, 0) is 32.2 Å². The highest BCUT2D eigenvalue weighted by Gasteiger charge is 2.33. The van der Waals surface area contributed by atoms with Gasteiger partial charge in [-0.25, -0.2) is 9.37 Å². The van der Waals surface area contributed by atoms with Gasteiger partial charge in [-0.1, -0.05) is 6.07 Å². The maximum Gasteiger partial charge on any atom is 0.419 e. The molecule has 4 rings (SSSR count). The molecule has 0 amide bonds. The number of fused-ring (bicyclic) bond motifs is 1. The minimum atomic E-state index is -4.72. The number of nitrogens with zero attached hydrogens (tertiary/aromatic N) is 6. The zero-order valence-corrected chi connectivity index (χ0v) is 15.2. The van der Waals surface area contributed by atoms with Crippen molar-refractivity contribution in [2.45, 2.75) is 38.7 Å². The third-order valence-electron chi connectivity index (χ3n) is 4.57. The molecule has 0 atom stereocenters. The number of aryl methyl sites for hydroxylation is 2. The number of anilines is 1. The van der Waals surface area contributed by atoms with Crippen LogP contribution in [0.25, 0.3) is 0 Å². The van der Waals surface area contributed by atoms with E-state index >= 15 is 0 Å². The van der Waals surface area contributed by atoms with Gasteiger partial charge in [0.2, 0.25) is 0 Å². The number of halogens is 4. The van der Waals surface area contributed by atoms with Crippen molar-refractivity contribution in [1.29, 1.82) is 0 Å². The summed E-state index contributed by atoms with van der Waals surface area (Å²) in [6.07, 6.45) is -2.09. The Balaban J connectivity index is 1.33. The second-order valence-corrected chi connectivity index (χ2v) is 6.66. The smallest absolute Gasteiger partial charge is 0.356 e. The predicted molar refractivity (Wildman–Crippen MR) is 94.2 cm³/mol. The molecule has 1 aliphatic rings. The summed E-state index contributed by atoms with van der Waals surface area (Å²) in [6, 6.07) is 2.80. The van der Waals surface area contributed by atoms with Crippen molar-refractivity contribution in [3.8, 4) is 0 Å². The summed E-state index contributed by atoms with van der Waals surface area (Å²) in [4.78, 5) is 5.75. The van der Waals surface area contributed by atoms with E-state index in [1.807, 2.05) is 0 Å². The van der Waals surface area contributed by atoms with Crippen molar-refractivity contribution in [2.24, 2.45) is 0 Å². The van der Waals surface area contributed by atoms with Crippen molar-refractivity contribution in [3.63, 3.8) is 0 Å². The van der Waals surface area contributed by atoms with E-state index in [1.54, 1.807) is 6.33 Å². The number of hydrogen-bond acceptors (Lipinski definition) is 6. The minimum Gasteiger partial charge on any atom is -0.356 e. The Morgan fingerprint density at radius 1 is 1.17 bits per heavy atom. The van der Waals surface area contributed by atoms with Crippen molar-refractivity contribution < 1.29 is 17.6 Å². The first-order chi connectivity index (χ1) is 13.9. The third kappa shape index (κ3) is 4.36. The quantitative estimate of drug-likeness (QED) is 0.606. The van der Waals surface area contributed by atoms with Crippen molar-refractivity contribution in [3.05, 3.63) is 53.0 Å². The standard InChI is InChI=1S/C17H18F4N8/c18-13-6-11(2-3-12(13)17(19,20)21)7-15-25-27-29(26-15)5-1-4-28-10-24-16-14(28)8-22-9-23-16/h2-3,6,10,22-23H,1,4-5,7-9H2. The summed E-state index contributed by atoms with van der Waals surface area (Å²) < 4.78 is 53.6. The first kappa shape index (κ1) is 19.3. The molecule has 3 heterocycles. The third-order valence-corrected chi connectivity index (χ3v) is 4.57. The van der Waals surface area contributed by atoms with E-state index in [0.29, 0.717) is 24.6 Å². The number of rotatable bonds is 6. The average molecular weight is 410 g/mol. The maximum absolute atomic E-state index is 13.7. The largest absolute Gasteiger partial charge is 0.419 e. The van der Waals surface area contributed by atoms with Crippen molar-refractivity contribution in [2.75, 3.05) is 12.0 Å². The molecule has 1 aromatic carbocycles. The Morgan fingerprint density at radius 2 is 2.03 bits per heavy atom. The van der Waals surface area contributed by atoms with Crippen LogP contribution in [0.4, 0.5) is 23.4 Å². The Morgan fingerprint density at radius 3 is 2.83 bits per heavy atom. The van der Waals surface area contributed by atoms with E-state index in [9.17, 15) is 17.6 Å². The van der Waals surface area contributed by atoms with E-state index in [-0.39, 0.29) is 6.42 Å². The van der Waals surface area contributed by atoms with Crippen LogP contribution in [0.15, 0.2) is 24.5 Å². The summed E-state index contributed by atoms with van der Waals surface area (Å²) in [5.74, 6) is -0.110. The molecule has 29 heavy (non-hydrogen) atoms. The van der Waals surface area contributed by atoms with Gasteiger partial charge < -0.3 is 9.88 Å². The van der Waals surface area contributed by atoms with Crippen LogP contribution in [0.5, 0.6) is 0 Å². The molecule has 2 N–H and O–H groups in total. The van der Waals surface area contributed by atoms with Gasteiger partial charge in [-0.2, -0.15) is 18.0 Å². The molecule has 1 aliphatic heterocycles. The molecule has 0 unspecified atom stereocenters. The molecule has 3 aromatic rings. The molecule has 0 aliphatic carbocycles. The molecule has 0 fully saturated rings. The van der Waals surface area contributed by atoms with Gasteiger partial charge in [-0.15, -0.1) is 10.2 Å². The number of tetrazole rings is 1. The van der Waals surface area contributed by atoms with Gasteiger partial charge in [-0.05, 0) is 29.3 Å². The van der Waals surface area contributed by atoms with E-state index in [2.05, 4.69) is 35.6 Å². The summed E-state index contributed by atoms with van der Waals surface area (Å²) >= 11 is 0. The SMILES string of the molecule is Fc1cc(Cc2nnn(CCCn3cnc4c3CNCN4)n2)ccc1C(F)(F)F. The fraction of sp³-hybridized carbons (Fsp3) is 0.412. The van der Waals surface area contributed by atoms with Crippen LogP contribution in [-0.4, -0.2) is 36.4 Å². The minimum absolute atomic E-state index is 0.0986. The van der Waals surface area contributed by atoms with Gasteiger partial charge in [0.05, 0.1) is 30.8 Å². The monoisotopic (exact) mass is 410 g/mol. The lowest BCUT2D eigenvalue weighted by Crippen LogP contribution is -2.28. The lowest BCUT2D eigenvalue weighted by Gasteiger charge is -2.16. The Bertz CT molecular complexity index is 994. The van der Waals surface area contributed by atoms with E-state index in [1.165, 1.54) is 10.9 Å². The van der Waals surface area contributed by atoms with Crippen LogP contribution in [0, 0.1) is 5.82 Å². The lowest BCUT2D eigenvalue weighted by molar-refractivity contribution is -0.140. The second kappa shape index (κ2) is 7.78. The molecular weight excluding hydrogens is 392 g/mol. The van der Waals surface area contributed by atoms with Gasteiger partial charge in [-0.3, -0.25) is 5.32 Å². The van der Waals surface area contributed by atoms with Gasteiger partial charge in [0.15, 0.2) is 5.82 Å².